The second kappa shape index (κ2) is 5.51. The second-order valence-corrected chi connectivity index (χ2v) is 4.70. The number of hydrogen-bond donors (Lipinski definition) is 1. The molecule has 2 aromatic rings. The average molecular weight is 296 g/mol. The van der Waals surface area contributed by atoms with Crippen LogP contribution in [0.4, 0.5) is 14.5 Å². The molecule has 4 nitrogen and oxygen atoms in total. The Morgan fingerprint density at radius 2 is 2.05 bits per heavy atom. The number of anilines is 1. The number of carbonyl (C=O) groups excluding carboxylic acids is 1. The normalized spacial score (nSPS) is 11.2. The monoisotopic (exact) mass is 296 g/mol. The Labute approximate surface area is 116 Å². The lowest BCUT2D eigenvalue weighted by atomic mass is 10.1. The van der Waals surface area contributed by atoms with Crippen LogP contribution in [0, 0.1) is 0 Å². The number of alkyl halides is 2. The zero-order valence-corrected chi connectivity index (χ0v) is 11.4. The van der Waals surface area contributed by atoms with E-state index in [0.29, 0.717) is 11.3 Å². The van der Waals surface area contributed by atoms with Gasteiger partial charge in [-0.1, -0.05) is 33.1 Å². The average Bonchev–Trinajstić information content (AvgIpc) is 2.88. The summed E-state index contributed by atoms with van der Waals surface area (Å²) in [5.74, 6) is -0.351. The molecule has 7 heteroatoms. The molecule has 0 aliphatic heterocycles. The standard InChI is InChI=1S/C13H11F2N2O2P/c1-2-11(18)16-9-5-3-8(4-6-9)12-10(7-19-17-12)13(14,15)20/h2-7H,1,20H2,(H,16,18). The van der Waals surface area contributed by atoms with Crippen molar-refractivity contribution in [3.05, 3.63) is 48.7 Å². The second-order valence-electron chi connectivity index (χ2n) is 3.97. The number of nitrogens with zero attached hydrogens (tertiary/aromatic N) is 1. The fourth-order valence-electron chi connectivity index (χ4n) is 1.59. The molecule has 2 rings (SSSR count). The molecule has 0 fully saturated rings. The van der Waals surface area contributed by atoms with E-state index in [1.165, 1.54) is 9.24 Å². The molecule has 1 N–H and O–H groups in total. The van der Waals surface area contributed by atoms with Crippen LogP contribution in [0.1, 0.15) is 5.56 Å². The summed E-state index contributed by atoms with van der Waals surface area (Å²) in [4.78, 5) is 11.1. The maximum absolute atomic E-state index is 13.3. The Bertz CT molecular complexity index is 633. The van der Waals surface area contributed by atoms with Crippen molar-refractivity contribution < 1.29 is 18.1 Å². The fraction of sp³-hybridized carbons (Fsp3) is 0.0769. The Morgan fingerprint density at radius 1 is 1.40 bits per heavy atom. The summed E-state index contributed by atoms with van der Waals surface area (Å²) >= 11 is 0. The fourth-order valence-corrected chi connectivity index (χ4v) is 1.79. The molecule has 0 aliphatic carbocycles. The van der Waals surface area contributed by atoms with Gasteiger partial charge >= 0.3 is 0 Å². The van der Waals surface area contributed by atoms with E-state index >= 15 is 0 Å². The minimum atomic E-state index is -3.12. The lowest BCUT2D eigenvalue weighted by Gasteiger charge is -2.09. The van der Waals surface area contributed by atoms with Gasteiger partial charge in [0.1, 0.15) is 12.0 Å². The van der Waals surface area contributed by atoms with Crippen molar-refractivity contribution in [1.82, 2.24) is 5.16 Å². The van der Waals surface area contributed by atoms with Crippen molar-refractivity contribution in [1.29, 1.82) is 0 Å². The molecule has 1 amide bonds. The van der Waals surface area contributed by atoms with Gasteiger partial charge in [0.2, 0.25) is 5.91 Å². The van der Waals surface area contributed by atoms with Gasteiger partial charge in [0.15, 0.2) is 0 Å². The highest BCUT2D eigenvalue weighted by Crippen LogP contribution is 2.40. The van der Waals surface area contributed by atoms with Crippen LogP contribution in [0.15, 0.2) is 47.7 Å². The predicted molar refractivity (Wildman–Crippen MR) is 74.4 cm³/mol. The molecule has 1 unspecified atom stereocenters. The van der Waals surface area contributed by atoms with E-state index in [1.54, 1.807) is 24.3 Å². The third kappa shape index (κ3) is 3.08. The first-order valence-corrected chi connectivity index (χ1v) is 6.15. The van der Waals surface area contributed by atoms with E-state index in [9.17, 15) is 13.6 Å². The molecular weight excluding hydrogens is 285 g/mol. The van der Waals surface area contributed by atoms with Gasteiger partial charge in [-0.25, -0.2) is 0 Å². The van der Waals surface area contributed by atoms with Gasteiger partial charge in [-0.15, -0.1) is 0 Å². The van der Waals surface area contributed by atoms with Crippen molar-refractivity contribution in [3.63, 3.8) is 0 Å². The highest BCUT2D eigenvalue weighted by molar-refractivity contribution is 7.17. The summed E-state index contributed by atoms with van der Waals surface area (Å²) in [7, 11) is 1.44. The van der Waals surface area contributed by atoms with Crippen LogP contribution in [-0.2, 0) is 10.5 Å². The van der Waals surface area contributed by atoms with E-state index in [1.807, 2.05) is 0 Å². The molecular formula is C13H11F2N2O2P. The van der Waals surface area contributed by atoms with E-state index in [0.717, 1.165) is 12.3 Å². The van der Waals surface area contributed by atoms with Gasteiger partial charge in [0, 0.05) is 11.3 Å². The maximum atomic E-state index is 13.3. The van der Waals surface area contributed by atoms with Crippen molar-refractivity contribution in [3.8, 4) is 11.3 Å². The molecule has 0 saturated carbocycles. The van der Waals surface area contributed by atoms with Crippen molar-refractivity contribution in [2.24, 2.45) is 0 Å². The molecule has 1 aromatic heterocycles. The third-order valence-corrected chi connectivity index (χ3v) is 2.85. The summed E-state index contributed by atoms with van der Waals surface area (Å²) in [5.41, 5.74) is -2.38. The molecule has 0 saturated heterocycles. The smallest absolute Gasteiger partial charge is 0.289 e. The predicted octanol–water partition coefficient (Wildman–Crippen LogP) is 3.39. The van der Waals surface area contributed by atoms with E-state index in [-0.39, 0.29) is 17.2 Å². The number of aromatic nitrogens is 1. The van der Waals surface area contributed by atoms with Crippen LogP contribution in [0.25, 0.3) is 11.3 Å². The number of benzene rings is 1. The highest BCUT2D eigenvalue weighted by atomic mass is 31.0. The Morgan fingerprint density at radius 3 is 2.60 bits per heavy atom. The highest BCUT2D eigenvalue weighted by Gasteiger charge is 2.31. The molecule has 1 heterocycles. The maximum Gasteiger partial charge on any atom is 0.289 e. The Kier molecular flexibility index (Phi) is 3.95. The number of amides is 1. The zero-order chi connectivity index (χ0) is 14.8. The number of carbonyl (C=O) groups is 1. The third-order valence-electron chi connectivity index (χ3n) is 2.54. The molecule has 1 aromatic carbocycles. The molecule has 20 heavy (non-hydrogen) atoms. The molecule has 0 spiro atoms. The first kappa shape index (κ1) is 14.3. The SMILES string of the molecule is C=CC(=O)Nc1ccc(-c2nocc2C(F)(F)P)cc1. The number of nitrogens with one attached hydrogen (secondary N) is 1. The molecule has 1 atom stereocenters. The van der Waals surface area contributed by atoms with Gasteiger partial charge in [-0.3, -0.25) is 4.79 Å². The van der Waals surface area contributed by atoms with Gasteiger partial charge in [-0.2, -0.15) is 8.78 Å². The number of rotatable bonds is 4. The number of hydrogen-bond acceptors (Lipinski definition) is 3. The van der Waals surface area contributed by atoms with Crippen LogP contribution in [0.2, 0.25) is 0 Å². The Balaban J connectivity index is 2.29. The van der Waals surface area contributed by atoms with E-state index < -0.39 is 5.66 Å². The largest absolute Gasteiger partial charge is 0.364 e. The van der Waals surface area contributed by atoms with Crippen LogP contribution in [-0.4, -0.2) is 11.1 Å². The molecule has 0 radical (unpaired) electrons. The van der Waals surface area contributed by atoms with Gasteiger partial charge in [0.05, 0.1) is 5.56 Å². The van der Waals surface area contributed by atoms with Crippen molar-refractivity contribution >= 4 is 20.8 Å². The van der Waals surface area contributed by atoms with Gasteiger partial charge in [0.25, 0.3) is 5.66 Å². The quantitative estimate of drug-likeness (QED) is 0.695. The summed E-state index contributed by atoms with van der Waals surface area (Å²) in [5, 5.41) is 6.14. The summed E-state index contributed by atoms with van der Waals surface area (Å²) in [6.07, 6.45) is 2.05. The summed E-state index contributed by atoms with van der Waals surface area (Å²) < 4.78 is 31.3. The lowest BCUT2D eigenvalue weighted by molar-refractivity contribution is -0.111. The van der Waals surface area contributed by atoms with Gasteiger partial charge < -0.3 is 9.84 Å². The minimum absolute atomic E-state index is 0.0617. The van der Waals surface area contributed by atoms with E-state index in [4.69, 9.17) is 0 Å². The van der Waals surface area contributed by atoms with Crippen LogP contribution >= 0.6 is 9.24 Å². The summed E-state index contributed by atoms with van der Waals surface area (Å²) in [6.45, 7) is 3.33. The van der Waals surface area contributed by atoms with Crippen molar-refractivity contribution in [2.45, 2.75) is 5.66 Å². The lowest BCUT2D eigenvalue weighted by Crippen LogP contribution is -2.07. The minimum Gasteiger partial charge on any atom is -0.364 e. The topological polar surface area (TPSA) is 55.1 Å². The first-order valence-electron chi connectivity index (χ1n) is 5.57. The molecule has 0 bridgehead atoms. The van der Waals surface area contributed by atoms with Crippen molar-refractivity contribution in [2.75, 3.05) is 5.32 Å². The Hall–Kier alpha value is -2.07. The van der Waals surface area contributed by atoms with Crippen LogP contribution in [0.3, 0.4) is 0 Å². The van der Waals surface area contributed by atoms with Crippen LogP contribution < -0.4 is 5.32 Å². The molecule has 0 aliphatic rings. The first-order chi connectivity index (χ1) is 9.41. The zero-order valence-electron chi connectivity index (χ0n) is 10.3. The number of halogens is 2. The van der Waals surface area contributed by atoms with Crippen LogP contribution in [0.5, 0.6) is 0 Å². The van der Waals surface area contributed by atoms with Gasteiger partial charge in [-0.05, 0) is 18.2 Å². The van der Waals surface area contributed by atoms with E-state index in [2.05, 4.69) is 21.6 Å². The molecule has 104 valence electrons. The summed E-state index contributed by atoms with van der Waals surface area (Å²) in [6, 6.07) is 6.29.